The second-order valence-electron chi connectivity index (χ2n) is 6.90. The molecule has 1 saturated heterocycles. The molecule has 0 radical (unpaired) electrons. The molecule has 1 fully saturated rings. The van der Waals surface area contributed by atoms with Gasteiger partial charge in [-0.05, 0) is 36.6 Å². The van der Waals surface area contributed by atoms with Crippen LogP contribution in [0.2, 0.25) is 0 Å². The molecule has 0 aliphatic carbocycles. The Kier molecular flexibility index (Phi) is 6.66. The molecule has 1 heterocycles. The molecular weight excluding hydrogens is 392 g/mol. The first-order valence-corrected chi connectivity index (χ1v) is 10.9. The highest BCUT2D eigenvalue weighted by atomic mass is 32.2. The number of amides is 1. The Hall–Kier alpha value is -2.71. The quantitative estimate of drug-likeness (QED) is 0.729. The Morgan fingerprint density at radius 1 is 1.07 bits per heavy atom. The zero-order valence-corrected chi connectivity index (χ0v) is 17.0. The summed E-state index contributed by atoms with van der Waals surface area (Å²) >= 11 is 0. The Bertz CT molecular complexity index is 968. The Labute approximate surface area is 170 Å². The summed E-state index contributed by atoms with van der Waals surface area (Å²) in [5.74, 6) is -0.860. The Morgan fingerprint density at radius 3 is 2.41 bits per heavy atom. The van der Waals surface area contributed by atoms with Crippen molar-refractivity contribution in [3.8, 4) is 0 Å². The van der Waals surface area contributed by atoms with E-state index >= 15 is 0 Å². The minimum atomic E-state index is -3.74. The van der Waals surface area contributed by atoms with Gasteiger partial charge in [0.05, 0.1) is 17.6 Å². The standard InChI is InChI=1S/C21H24N2O5S/c1-28-21(25)18-8-5-9-19(14-18)29(26,27)23-12-10-17(11-13-23)20(24)22-15-16-6-3-2-4-7-16/h2-9,14,17H,10-13,15H2,1H3,(H,22,24). The summed E-state index contributed by atoms with van der Waals surface area (Å²) in [7, 11) is -2.49. The van der Waals surface area contributed by atoms with Crippen LogP contribution in [0.3, 0.4) is 0 Å². The average molecular weight is 416 g/mol. The van der Waals surface area contributed by atoms with E-state index in [1.807, 2.05) is 30.3 Å². The molecule has 154 valence electrons. The summed E-state index contributed by atoms with van der Waals surface area (Å²) in [5, 5.41) is 2.92. The third kappa shape index (κ3) is 5.02. The summed E-state index contributed by atoms with van der Waals surface area (Å²) in [4.78, 5) is 24.1. The number of sulfonamides is 1. The number of hydrogen-bond acceptors (Lipinski definition) is 5. The molecule has 0 unspecified atom stereocenters. The lowest BCUT2D eigenvalue weighted by atomic mass is 9.97. The lowest BCUT2D eigenvalue weighted by Gasteiger charge is -2.30. The lowest BCUT2D eigenvalue weighted by molar-refractivity contribution is -0.126. The number of piperidine rings is 1. The number of hydrogen-bond donors (Lipinski definition) is 1. The number of methoxy groups -OCH3 is 1. The van der Waals surface area contributed by atoms with Gasteiger partial charge < -0.3 is 10.1 Å². The first-order chi connectivity index (χ1) is 13.9. The zero-order valence-electron chi connectivity index (χ0n) is 16.2. The van der Waals surface area contributed by atoms with E-state index in [0.717, 1.165) is 5.56 Å². The molecule has 2 aromatic rings. The predicted molar refractivity (Wildman–Crippen MR) is 108 cm³/mol. The fourth-order valence-corrected chi connectivity index (χ4v) is 4.85. The lowest BCUT2D eigenvalue weighted by Crippen LogP contribution is -2.42. The summed E-state index contributed by atoms with van der Waals surface area (Å²) in [6.07, 6.45) is 0.910. The fraction of sp³-hybridized carbons (Fsp3) is 0.333. The van der Waals surface area contributed by atoms with Gasteiger partial charge in [-0.15, -0.1) is 0 Å². The Morgan fingerprint density at radius 2 is 1.76 bits per heavy atom. The largest absolute Gasteiger partial charge is 0.465 e. The molecule has 1 aliphatic heterocycles. The molecule has 1 amide bonds. The van der Waals surface area contributed by atoms with E-state index in [-0.39, 0.29) is 35.4 Å². The van der Waals surface area contributed by atoms with Crippen molar-refractivity contribution in [1.82, 2.24) is 9.62 Å². The first kappa shape index (κ1) is 21.0. The van der Waals surface area contributed by atoms with E-state index in [2.05, 4.69) is 10.1 Å². The average Bonchev–Trinajstić information content (AvgIpc) is 2.77. The second kappa shape index (κ2) is 9.19. The number of ether oxygens (including phenoxy) is 1. The van der Waals surface area contributed by atoms with E-state index in [1.54, 1.807) is 0 Å². The monoisotopic (exact) mass is 416 g/mol. The zero-order chi connectivity index (χ0) is 20.9. The van der Waals surface area contributed by atoms with Gasteiger partial charge in [0.2, 0.25) is 15.9 Å². The number of esters is 1. The van der Waals surface area contributed by atoms with Gasteiger partial charge in [0.25, 0.3) is 0 Å². The third-order valence-electron chi connectivity index (χ3n) is 5.03. The van der Waals surface area contributed by atoms with Gasteiger partial charge in [0, 0.05) is 25.6 Å². The van der Waals surface area contributed by atoms with Crippen LogP contribution in [0.4, 0.5) is 0 Å². The van der Waals surface area contributed by atoms with Crippen LogP contribution in [0.25, 0.3) is 0 Å². The van der Waals surface area contributed by atoms with Gasteiger partial charge in [-0.3, -0.25) is 4.79 Å². The van der Waals surface area contributed by atoms with Gasteiger partial charge in [0.15, 0.2) is 0 Å². The number of nitrogens with one attached hydrogen (secondary N) is 1. The molecule has 0 bridgehead atoms. The van der Waals surface area contributed by atoms with E-state index in [0.29, 0.717) is 19.4 Å². The molecule has 29 heavy (non-hydrogen) atoms. The van der Waals surface area contributed by atoms with E-state index in [4.69, 9.17) is 0 Å². The highest BCUT2D eigenvalue weighted by molar-refractivity contribution is 7.89. The first-order valence-electron chi connectivity index (χ1n) is 9.42. The van der Waals surface area contributed by atoms with Crippen molar-refractivity contribution in [2.45, 2.75) is 24.3 Å². The maximum atomic E-state index is 12.9. The minimum Gasteiger partial charge on any atom is -0.465 e. The van der Waals surface area contributed by atoms with Crippen molar-refractivity contribution in [3.05, 3.63) is 65.7 Å². The molecule has 8 heteroatoms. The van der Waals surface area contributed by atoms with Crippen LogP contribution >= 0.6 is 0 Å². The van der Waals surface area contributed by atoms with Crippen molar-refractivity contribution in [2.75, 3.05) is 20.2 Å². The van der Waals surface area contributed by atoms with Crippen molar-refractivity contribution >= 4 is 21.9 Å². The number of benzene rings is 2. The molecule has 1 N–H and O–H groups in total. The molecule has 0 spiro atoms. The highest BCUT2D eigenvalue weighted by Gasteiger charge is 2.32. The van der Waals surface area contributed by atoms with Gasteiger partial charge in [0.1, 0.15) is 0 Å². The molecule has 0 saturated carbocycles. The maximum absolute atomic E-state index is 12.9. The van der Waals surface area contributed by atoms with Crippen molar-refractivity contribution in [2.24, 2.45) is 5.92 Å². The topological polar surface area (TPSA) is 92.8 Å². The van der Waals surface area contributed by atoms with Crippen LogP contribution in [0.1, 0.15) is 28.8 Å². The van der Waals surface area contributed by atoms with Crippen LogP contribution in [-0.2, 0) is 26.1 Å². The van der Waals surface area contributed by atoms with Crippen molar-refractivity contribution in [3.63, 3.8) is 0 Å². The third-order valence-corrected chi connectivity index (χ3v) is 6.92. The molecule has 3 rings (SSSR count). The van der Waals surface area contributed by atoms with Gasteiger partial charge in [-0.2, -0.15) is 4.31 Å². The SMILES string of the molecule is COC(=O)c1cccc(S(=O)(=O)N2CCC(C(=O)NCc3ccccc3)CC2)c1. The normalized spacial score (nSPS) is 15.6. The van der Waals surface area contributed by atoms with Crippen LogP contribution in [0.15, 0.2) is 59.5 Å². The number of rotatable bonds is 6. The maximum Gasteiger partial charge on any atom is 0.337 e. The summed E-state index contributed by atoms with van der Waals surface area (Å²) in [6.45, 7) is 0.973. The molecule has 7 nitrogen and oxygen atoms in total. The summed E-state index contributed by atoms with van der Waals surface area (Å²) in [5.41, 5.74) is 1.20. The predicted octanol–water partition coefficient (Wildman–Crippen LogP) is 2.19. The van der Waals surface area contributed by atoms with E-state index in [9.17, 15) is 18.0 Å². The highest BCUT2D eigenvalue weighted by Crippen LogP contribution is 2.24. The summed E-state index contributed by atoms with van der Waals surface area (Å²) < 4.78 is 31.8. The molecule has 0 atom stereocenters. The molecular formula is C21H24N2O5S. The van der Waals surface area contributed by atoms with Crippen LogP contribution in [-0.4, -0.2) is 44.8 Å². The van der Waals surface area contributed by atoms with Crippen LogP contribution < -0.4 is 5.32 Å². The summed E-state index contributed by atoms with van der Waals surface area (Å²) in [6, 6.07) is 15.4. The molecule has 0 aromatic heterocycles. The van der Waals surface area contributed by atoms with Gasteiger partial charge >= 0.3 is 5.97 Å². The van der Waals surface area contributed by atoms with E-state index in [1.165, 1.54) is 35.7 Å². The van der Waals surface area contributed by atoms with Crippen molar-refractivity contribution < 1.29 is 22.7 Å². The number of nitrogens with zero attached hydrogens (tertiary/aromatic N) is 1. The number of carbonyl (C=O) groups excluding carboxylic acids is 2. The van der Waals surface area contributed by atoms with E-state index < -0.39 is 16.0 Å². The van der Waals surface area contributed by atoms with Gasteiger partial charge in [-0.25, -0.2) is 13.2 Å². The number of carbonyl (C=O) groups is 2. The van der Waals surface area contributed by atoms with Gasteiger partial charge in [-0.1, -0.05) is 36.4 Å². The molecule has 2 aromatic carbocycles. The molecule has 1 aliphatic rings. The Balaban J connectivity index is 1.59. The van der Waals surface area contributed by atoms with Crippen LogP contribution in [0.5, 0.6) is 0 Å². The van der Waals surface area contributed by atoms with Crippen molar-refractivity contribution in [1.29, 1.82) is 0 Å². The van der Waals surface area contributed by atoms with Crippen LogP contribution in [0, 0.1) is 5.92 Å². The second-order valence-corrected chi connectivity index (χ2v) is 8.84. The smallest absolute Gasteiger partial charge is 0.337 e. The fourth-order valence-electron chi connectivity index (χ4n) is 3.34. The minimum absolute atomic E-state index is 0.0485.